The van der Waals surface area contributed by atoms with Crippen molar-refractivity contribution in [3.8, 4) is 0 Å². The Labute approximate surface area is 53.8 Å². The first-order chi connectivity index (χ1) is 3.66. The minimum absolute atomic E-state index is 0.0533. The lowest BCUT2D eigenvalue weighted by Gasteiger charge is -1.98. The molecule has 1 nitrogen and oxygen atoms in total. The van der Waals surface area contributed by atoms with Crippen molar-refractivity contribution >= 4 is 22.9 Å². The van der Waals surface area contributed by atoms with Gasteiger partial charge >= 0.3 is 0 Å². The number of Topliss-reactive ketones (excluding diaryl/α,β-unsaturated/α-hetero) is 1. The molecule has 0 aliphatic rings. The second-order valence-corrected chi connectivity index (χ2v) is 2.62. The first-order valence-electron chi connectivity index (χ1n) is 2.69. The van der Waals surface area contributed by atoms with E-state index in [1.165, 1.54) is 0 Å². The Morgan fingerprint density at radius 2 is 2.38 bits per heavy atom. The van der Waals surface area contributed by atoms with Crippen molar-refractivity contribution in [3.05, 3.63) is 0 Å². The van der Waals surface area contributed by atoms with Crippen LogP contribution in [0.2, 0.25) is 0 Å². The highest BCUT2D eigenvalue weighted by molar-refractivity contribution is 7.20. The zero-order valence-electron chi connectivity index (χ0n) is 5.05. The Balaban J connectivity index is 3.25. The molecule has 2 radical (unpaired) electrons. The maximum absolute atomic E-state index is 10.5. The fourth-order valence-electron chi connectivity index (χ4n) is 0.407. The van der Waals surface area contributed by atoms with Crippen molar-refractivity contribution in [1.29, 1.82) is 0 Å². The quantitative estimate of drug-likeness (QED) is 0.404. The first kappa shape index (κ1) is 8.16. The molecule has 0 N–H and O–H groups in total. The minimum atomic E-state index is -0.0533. The Hall–Kier alpha value is 0.165. The number of ketones is 1. The number of hydrogen-bond donors (Lipinski definition) is 0. The zero-order chi connectivity index (χ0) is 6.57. The Kier molecular flexibility index (Phi) is 4.17. The van der Waals surface area contributed by atoms with Gasteiger partial charge in [0, 0.05) is 12.8 Å². The fraction of sp³-hybridized carbons (Fsp3) is 0.800. The van der Waals surface area contributed by atoms with Gasteiger partial charge in [-0.3, -0.25) is 4.79 Å². The molecule has 0 amide bonds. The monoisotopic (exact) mass is 128 g/mol. The molecule has 0 aliphatic heterocycles. The standard InChI is InChI=1S/C5H10BOP/c1-2-4(7)3-5(6)8/h5H,2-3,8H2,1H3. The molecule has 3 heteroatoms. The molecule has 0 saturated heterocycles. The van der Waals surface area contributed by atoms with Crippen molar-refractivity contribution in [2.24, 2.45) is 0 Å². The van der Waals surface area contributed by atoms with Crippen molar-refractivity contribution in [1.82, 2.24) is 0 Å². The molecule has 0 rings (SSSR count). The van der Waals surface area contributed by atoms with Crippen molar-refractivity contribution < 1.29 is 4.79 Å². The van der Waals surface area contributed by atoms with Crippen LogP contribution in [0, 0.1) is 0 Å². The van der Waals surface area contributed by atoms with Crippen LogP contribution in [0.3, 0.4) is 0 Å². The van der Waals surface area contributed by atoms with Gasteiger partial charge in [-0.05, 0) is 0 Å². The first-order valence-corrected chi connectivity index (χ1v) is 3.36. The summed E-state index contributed by atoms with van der Waals surface area (Å²) in [5, 5.41) is 0. The van der Waals surface area contributed by atoms with E-state index in [1.807, 2.05) is 6.92 Å². The Bertz CT molecular complexity index is 82.5. The molecule has 2 atom stereocenters. The molecule has 44 valence electrons. The average molecular weight is 128 g/mol. The highest BCUT2D eigenvalue weighted by atomic mass is 31.0. The molecule has 0 spiro atoms. The topological polar surface area (TPSA) is 17.1 Å². The van der Waals surface area contributed by atoms with Crippen molar-refractivity contribution in [3.63, 3.8) is 0 Å². The van der Waals surface area contributed by atoms with Crippen LogP contribution in [0.25, 0.3) is 0 Å². The van der Waals surface area contributed by atoms with Gasteiger partial charge in [-0.25, -0.2) is 0 Å². The zero-order valence-corrected chi connectivity index (χ0v) is 6.21. The maximum Gasteiger partial charge on any atom is 0.132 e. The maximum atomic E-state index is 10.5. The summed E-state index contributed by atoms with van der Waals surface area (Å²) in [5.74, 6) is 0.229. The summed E-state index contributed by atoms with van der Waals surface area (Å²) >= 11 is 0. The molecule has 0 aromatic rings. The Morgan fingerprint density at radius 1 is 1.88 bits per heavy atom. The van der Waals surface area contributed by atoms with E-state index in [4.69, 9.17) is 7.85 Å². The summed E-state index contributed by atoms with van der Waals surface area (Å²) in [5.41, 5.74) is -0.0533. The molecular weight excluding hydrogens is 118 g/mol. The molecule has 0 aliphatic carbocycles. The minimum Gasteiger partial charge on any atom is -0.300 e. The molecule has 0 fully saturated rings. The van der Waals surface area contributed by atoms with E-state index in [1.54, 1.807) is 0 Å². The third-order valence-corrected chi connectivity index (χ3v) is 1.09. The van der Waals surface area contributed by atoms with E-state index < -0.39 is 0 Å². The molecule has 0 aromatic carbocycles. The fourth-order valence-corrected chi connectivity index (χ4v) is 0.670. The lowest BCUT2D eigenvalue weighted by Crippen LogP contribution is -2.05. The van der Waals surface area contributed by atoms with Crippen LogP contribution in [-0.4, -0.2) is 19.2 Å². The van der Waals surface area contributed by atoms with Crippen LogP contribution < -0.4 is 0 Å². The molecule has 0 bridgehead atoms. The molecule has 2 unspecified atom stereocenters. The summed E-state index contributed by atoms with van der Waals surface area (Å²) in [6.07, 6.45) is 1.09. The lowest BCUT2D eigenvalue weighted by atomic mass is 9.98. The van der Waals surface area contributed by atoms with Crippen LogP contribution in [0.1, 0.15) is 19.8 Å². The summed E-state index contributed by atoms with van der Waals surface area (Å²) in [7, 11) is 7.70. The highest BCUT2D eigenvalue weighted by Gasteiger charge is 1.99. The summed E-state index contributed by atoms with van der Waals surface area (Å²) in [4.78, 5) is 10.5. The van der Waals surface area contributed by atoms with Gasteiger partial charge in [-0.1, -0.05) is 12.5 Å². The van der Waals surface area contributed by atoms with Gasteiger partial charge in [-0.15, -0.1) is 9.24 Å². The second kappa shape index (κ2) is 4.08. The van der Waals surface area contributed by atoms with Gasteiger partial charge in [0.25, 0.3) is 0 Å². The molecule has 0 saturated carbocycles. The van der Waals surface area contributed by atoms with E-state index >= 15 is 0 Å². The van der Waals surface area contributed by atoms with Gasteiger partial charge in [0.05, 0.1) is 7.85 Å². The van der Waals surface area contributed by atoms with Gasteiger partial charge in [0.15, 0.2) is 0 Å². The Morgan fingerprint density at radius 3 is 2.50 bits per heavy atom. The molecular formula is C5H10BOP. The largest absolute Gasteiger partial charge is 0.300 e. The molecule has 0 aromatic heterocycles. The van der Waals surface area contributed by atoms with E-state index in [9.17, 15) is 4.79 Å². The summed E-state index contributed by atoms with van der Waals surface area (Å²) in [6.45, 7) is 1.84. The highest BCUT2D eigenvalue weighted by Crippen LogP contribution is 2.01. The van der Waals surface area contributed by atoms with Crippen LogP contribution in [0.15, 0.2) is 0 Å². The van der Waals surface area contributed by atoms with Crippen LogP contribution in [0.4, 0.5) is 0 Å². The number of carbonyl (C=O) groups is 1. The lowest BCUT2D eigenvalue weighted by molar-refractivity contribution is -0.118. The van der Waals surface area contributed by atoms with Gasteiger partial charge in [0.1, 0.15) is 5.78 Å². The van der Waals surface area contributed by atoms with Gasteiger partial charge in [0.2, 0.25) is 0 Å². The predicted octanol–water partition coefficient (Wildman–Crippen LogP) is 0.725. The predicted molar refractivity (Wildman–Crippen MR) is 39.2 cm³/mol. The van der Waals surface area contributed by atoms with E-state index in [0.717, 1.165) is 0 Å². The number of hydrogen-bond acceptors (Lipinski definition) is 1. The third-order valence-electron chi connectivity index (χ3n) is 0.858. The van der Waals surface area contributed by atoms with Crippen molar-refractivity contribution in [2.75, 3.05) is 0 Å². The number of rotatable bonds is 3. The number of carbonyl (C=O) groups excluding carboxylic acids is 1. The molecule has 8 heavy (non-hydrogen) atoms. The van der Waals surface area contributed by atoms with Crippen LogP contribution >= 0.6 is 9.24 Å². The summed E-state index contributed by atoms with van der Waals surface area (Å²) < 4.78 is 0. The average Bonchev–Trinajstić information content (AvgIpc) is 1.65. The summed E-state index contributed by atoms with van der Waals surface area (Å²) in [6, 6.07) is 0. The van der Waals surface area contributed by atoms with Crippen molar-refractivity contribution in [2.45, 2.75) is 25.3 Å². The second-order valence-electron chi connectivity index (χ2n) is 1.76. The smallest absolute Gasteiger partial charge is 0.132 e. The van der Waals surface area contributed by atoms with Gasteiger partial charge < -0.3 is 0 Å². The van der Waals surface area contributed by atoms with E-state index in [-0.39, 0.29) is 11.3 Å². The van der Waals surface area contributed by atoms with Crippen LogP contribution in [0.5, 0.6) is 0 Å². The van der Waals surface area contributed by atoms with E-state index in [2.05, 4.69) is 9.24 Å². The molecule has 0 heterocycles. The normalized spacial score (nSPS) is 13.2. The van der Waals surface area contributed by atoms with E-state index in [0.29, 0.717) is 12.8 Å². The van der Waals surface area contributed by atoms with Gasteiger partial charge in [-0.2, -0.15) is 0 Å². The van der Waals surface area contributed by atoms with Crippen LogP contribution in [-0.2, 0) is 4.79 Å². The SMILES string of the molecule is [B]C(P)CC(=O)CC. The third kappa shape index (κ3) is 4.33.